The molecule has 2 rings (SSSR count). The molecule has 0 unspecified atom stereocenters. The predicted molar refractivity (Wildman–Crippen MR) is 85.5 cm³/mol. The lowest BCUT2D eigenvalue weighted by atomic mass is 9.93. The van der Waals surface area contributed by atoms with Crippen LogP contribution in [0.1, 0.15) is 72.1 Å². The lowest BCUT2D eigenvalue weighted by Crippen LogP contribution is -2.47. The van der Waals surface area contributed by atoms with Crippen LogP contribution in [0.5, 0.6) is 0 Å². The molecule has 0 spiro atoms. The third-order valence-electron chi connectivity index (χ3n) is 4.52. The van der Waals surface area contributed by atoms with Crippen LogP contribution in [0.4, 0.5) is 4.79 Å². The first-order valence-electron chi connectivity index (χ1n) is 8.69. The molecule has 0 bridgehead atoms. The molecule has 2 aliphatic heterocycles. The zero-order valence-corrected chi connectivity index (χ0v) is 14.0. The molecule has 2 heterocycles. The van der Waals surface area contributed by atoms with Gasteiger partial charge >= 0.3 is 6.09 Å². The van der Waals surface area contributed by atoms with Crippen LogP contribution in [0.25, 0.3) is 0 Å². The first-order valence-corrected chi connectivity index (χ1v) is 8.69. The van der Waals surface area contributed by atoms with Crippen molar-refractivity contribution in [3.63, 3.8) is 0 Å². The lowest BCUT2D eigenvalue weighted by molar-refractivity contribution is 0.00823. The van der Waals surface area contributed by atoms with E-state index in [9.17, 15) is 4.79 Å². The molecular weight excluding hydrogens is 264 g/mol. The molecule has 0 saturated carbocycles. The zero-order chi connectivity index (χ0) is 15.3. The number of rotatable bonds is 3. The molecule has 4 nitrogen and oxygen atoms in total. The van der Waals surface area contributed by atoms with Gasteiger partial charge in [0.25, 0.3) is 0 Å². The minimum absolute atomic E-state index is 0.121. The highest BCUT2D eigenvalue weighted by Gasteiger charge is 2.30. The molecule has 2 fully saturated rings. The van der Waals surface area contributed by atoms with E-state index in [2.05, 4.69) is 5.32 Å². The van der Waals surface area contributed by atoms with Crippen LogP contribution in [-0.4, -0.2) is 41.8 Å². The molecule has 1 N–H and O–H groups in total. The van der Waals surface area contributed by atoms with Crippen LogP contribution in [0.2, 0.25) is 0 Å². The smallest absolute Gasteiger partial charge is 0.410 e. The van der Waals surface area contributed by atoms with E-state index < -0.39 is 5.60 Å². The maximum atomic E-state index is 12.4. The average molecular weight is 296 g/mol. The SMILES string of the molecule is CC(C)(C)OC(=O)N1CCCC[C@H]1CC[C@@H]1CCCCN1. The lowest BCUT2D eigenvalue weighted by Gasteiger charge is -2.37. The van der Waals surface area contributed by atoms with E-state index in [0.29, 0.717) is 12.1 Å². The summed E-state index contributed by atoms with van der Waals surface area (Å²) in [6.45, 7) is 7.84. The van der Waals surface area contributed by atoms with Gasteiger partial charge < -0.3 is 15.0 Å². The van der Waals surface area contributed by atoms with Gasteiger partial charge in [-0.2, -0.15) is 0 Å². The summed E-state index contributed by atoms with van der Waals surface area (Å²) in [6, 6.07) is 1.03. The van der Waals surface area contributed by atoms with Crippen molar-refractivity contribution >= 4 is 6.09 Å². The van der Waals surface area contributed by atoms with Crippen LogP contribution in [0, 0.1) is 0 Å². The first kappa shape index (κ1) is 16.6. The Morgan fingerprint density at radius 3 is 2.57 bits per heavy atom. The maximum absolute atomic E-state index is 12.4. The number of hydrogen-bond donors (Lipinski definition) is 1. The fourth-order valence-electron chi connectivity index (χ4n) is 3.43. The number of carbonyl (C=O) groups is 1. The van der Waals surface area contributed by atoms with Gasteiger partial charge in [-0.05, 0) is 72.3 Å². The van der Waals surface area contributed by atoms with Gasteiger partial charge in [-0.1, -0.05) is 6.42 Å². The Morgan fingerprint density at radius 2 is 1.90 bits per heavy atom. The molecule has 2 atom stereocenters. The highest BCUT2D eigenvalue weighted by molar-refractivity contribution is 5.68. The highest BCUT2D eigenvalue weighted by Crippen LogP contribution is 2.25. The third kappa shape index (κ3) is 5.50. The average Bonchev–Trinajstić information content (AvgIpc) is 2.45. The van der Waals surface area contributed by atoms with Crippen LogP contribution >= 0.6 is 0 Å². The summed E-state index contributed by atoms with van der Waals surface area (Å²) in [5.74, 6) is 0. The number of amides is 1. The Balaban J connectivity index is 1.84. The quantitative estimate of drug-likeness (QED) is 0.863. The van der Waals surface area contributed by atoms with Crippen molar-refractivity contribution < 1.29 is 9.53 Å². The standard InChI is InChI=1S/C17H32N2O2/c1-17(2,3)21-16(20)19-13-7-5-9-15(19)11-10-14-8-4-6-12-18-14/h14-15,18H,4-13H2,1-3H3/t14-,15-/m0/s1. The fraction of sp³-hybridized carbons (Fsp3) is 0.941. The minimum Gasteiger partial charge on any atom is -0.444 e. The van der Waals surface area contributed by atoms with E-state index in [1.54, 1.807) is 0 Å². The van der Waals surface area contributed by atoms with E-state index >= 15 is 0 Å². The van der Waals surface area contributed by atoms with Crippen molar-refractivity contribution in [2.45, 2.75) is 89.8 Å². The summed E-state index contributed by atoms with van der Waals surface area (Å²) in [7, 11) is 0. The van der Waals surface area contributed by atoms with Gasteiger partial charge in [-0.15, -0.1) is 0 Å². The molecule has 4 heteroatoms. The van der Waals surface area contributed by atoms with Crippen LogP contribution in [0.15, 0.2) is 0 Å². The first-order chi connectivity index (χ1) is 9.96. The topological polar surface area (TPSA) is 41.6 Å². The molecule has 0 radical (unpaired) electrons. The molecule has 0 aliphatic carbocycles. The number of ether oxygens (including phenoxy) is 1. The second-order valence-electron chi connectivity index (χ2n) is 7.55. The summed E-state index contributed by atoms with van der Waals surface area (Å²) >= 11 is 0. The van der Waals surface area contributed by atoms with Crippen molar-refractivity contribution in [3.05, 3.63) is 0 Å². The number of nitrogens with zero attached hydrogens (tertiary/aromatic N) is 1. The van der Waals surface area contributed by atoms with Gasteiger partial charge in [0.1, 0.15) is 5.60 Å². The summed E-state index contributed by atoms with van der Waals surface area (Å²) in [5.41, 5.74) is -0.399. The summed E-state index contributed by atoms with van der Waals surface area (Å²) in [6.07, 6.45) is 9.59. The van der Waals surface area contributed by atoms with Crippen molar-refractivity contribution in [3.8, 4) is 0 Å². The van der Waals surface area contributed by atoms with E-state index in [0.717, 1.165) is 32.4 Å². The number of nitrogens with one attached hydrogen (secondary N) is 1. The van der Waals surface area contributed by atoms with Gasteiger partial charge in [-0.25, -0.2) is 4.79 Å². The number of hydrogen-bond acceptors (Lipinski definition) is 3. The molecule has 0 aromatic rings. The van der Waals surface area contributed by atoms with E-state index in [1.807, 2.05) is 25.7 Å². The van der Waals surface area contributed by atoms with E-state index in [-0.39, 0.29) is 6.09 Å². The van der Waals surface area contributed by atoms with Crippen LogP contribution in [0.3, 0.4) is 0 Å². The van der Waals surface area contributed by atoms with Crippen molar-refractivity contribution in [2.75, 3.05) is 13.1 Å². The van der Waals surface area contributed by atoms with Crippen molar-refractivity contribution in [1.82, 2.24) is 10.2 Å². The number of piperidine rings is 2. The molecule has 0 aromatic carbocycles. The Labute approximate surface area is 129 Å². The summed E-state index contributed by atoms with van der Waals surface area (Å²) in [5, 5.41) is 3.61. The molecule has 2 saturated heterocycles. The normalized spacial score (nSPS) is 27.5. The summed E-state index contributed by atoms with van der Waals surface area (Å²) in [4.78, 5) is 14.3. The molecule has 122 valence electrons. The fourth-order valence-corrected chi connectivity index (χ4v) is 3.43. The Morgan fingerprint density at radius 1 is 1.14 bits per heavy atom. The van der Waals surface area contributed by atoms with E-state index in [1.165, 1.54) is 32.1 Å². The Bertz CT molecular complexity index is 332. The van der Waals surface area contributed by atoms with Crippen molar-refractivity contribution in [2.24, 2.45) is 0 Å². The van der Waals surface area contributed by atoms with Gasteiger partial charge in [0.15, 0.2) is 0 Å². The minimum atomic E-state index is -0.399. The molecular formula is C17H32N2O2. The van der Waals surface area contributed by atoms with Crippen molar-refractivity contribution in [1.29, 1.82) is 0 Å². The number of carbonyl (C=O) groups excluding carboxylic acids is 1. The van der Waals surface area contributed by atoms with Gasteiger partial charge in [0.05, 0.1) is 0 Å². The Kier molecular flexibility index (Phi) is 5.91. The van der Waals surface area contributed by atoms with Gasteiger partial charge in [0, 0.05) is 18.6 Å². The monoisotopic (exact) mass is 296 g/mol. The molecule has 0 aromatic heterocycles. The Hall–Kier alpha value is -0.770. The zero-order valence-electron chi connectivity index (χ0n) is 14.0. The third-order valence-corrected chi connectivity index (χ3v) is 4.52. The van der Waals surface area contributed by atoms with Gasteiger partial charge in [-0.3, -0.25) is 0 Å². The largest absolute Gasteiger partial charge is 0.444 e. The van der Waals surface area contributed by atoms with Gasteiger partial charge in [0.2, 0.25) is 0 Å². The van der Waals surface area contributed by atoms with E-state index in [4.69, 9.17) is 4.74 Å². The molecule has 1 amide bonds. The number of likely N-dealkylation sites (tertiary alicyclic amines) is 1. The highest BCUT2D eigenvalue weighted by atomic mass is 16.6. The molecule has 21 heavy (non-hydrogen) atoms. The predicted octanol–water partition coefficient (Wildman–Crippen LogP) is 3.70. The summed E-state index contributed by atoms with van der Waals surface area (Å²) < 4.78 is 5.57. The van der Waals surface area contributed by atoms with Crippen LogP contribution in [-0.2, 0) is 4.74 Å². The molecule has 2 aliphatic rings. The maximum Gasteiger partial charge on any atom is 0.410 e. The van der Waals surface area contributed by atoms with Crippen LogP contribution < -0.4 is 5.32 Å². The second kappa shape index (κ2) is 7.48. The second-order valence-corrected chi connectivity index (χ2v) is 7.55.